The lowest BCUT2D eigenvalue weighted by atomic mass is 10.1. The zero-order valence-corrected chi connectivity index (χ0v) is 10.1. The number of aliphatic hydroxyl groups is 1. The van der Waals surface area contributed by atoms with Gasteiger partial charge < -0.3 is 10.4 Å². The Balaban J connectivity index is 2.30. The highest BCUT2D eigenvalue weighted by molar-refractivity contribution is 7.88. The third kappa shape index (κ3) is 4.46. The fourth-order valence-corrected chi connectivity index (χ4v) is 2.60. The van der Waals surface area contributed by atoms with Crippen LogP contribution in [0.1, 0.15) is 19.8 Å². The minimum absolute atomic E-state index is 0.331. The maximum Gasteiger partial charge on any atom is 0.211 e. The molecule has 1 aliphatic rings. The molecule has 1 heterocycles. The largest absolute Gasteiger partial charge is 0.392 e. The number of hydrogen-bond acceptors (Lipinski definition) is 4. The van der Waals surface area contributed by atoms with Crippen LogP contribution in [0.3, 0.4) is 0 Å². The number of piperidine rings is 1. The summed E-state index contributed by atoms with van der Waals surface area (Å²) in [6.07, 6.45) is 2.54. The van der Waals surface area contributed by atoms with E-state index in [4.69, 9.17) is 5.11 Å². The predicted molar refractivity (Wildman–Crippen MR) is 59.1 cm³/mol. The van der Waals surface area contributed by atoms with E-state index in [1.54, 1.807) is 6.92 Å². The van der Waals surface area contributed by atoms with Crippen molar-refractivity contribution >= 4 is 10.0 Å². The number of nitrogens with one attached hydrogen (secondary N) is 1. The monoisotopic (exact) mass is 236 g/mol. The SMILES string of the molecule is CC(O)CNC1CCN(S(C)(=O)=O)CC1. The number of hydrogen-bond donors (Lipinski definition) is 2. The second-order valence-electron chi connectivity index (χ2n) is 4.19. The van der Waals surface area contributed by atoms with Gasteiger partial charge in [-0.05, 0) is 19.8 Å². The normalized spacial score (nSPS) is 22.9. The molecule has 15 heavy (non-hydrogen) atoms. The molecule has 0 aromatic heterocycles. The molecule has 1 aliphatic heterocycles. The Kier molecular flexibility index (Phi) is 4.51. The lowest BCUT2D eigenvalue weighted by Gasteiger charge is -2.31. The Bertz CT molecular complexity index is 282. The Morgan fingerprint density at radius 2 is 2.00 bits per heavy atom. The van der Waals surface area contributed by atoms with Gasteiger partial charge in [-0.15, -0.1) is 0 Å². The van der Waals surface area contributed by atoms with Crippen molar-refractivity contribution < 1.29 is 13.5 Å². The van der Waals surface area contributed by atoms with Crippen molar-refractivity contribution in [3.8, 4) is 0 Å². The second kappa shape index (κ2) is 5.25. The Labute approximate surface area is 91.5 Å². The average molecular weight is 236 g/mol. The Hall–Kier alpha value is -0.170. The highest BCUT2D eigenvalue weighted by Crippen LogP contribution is 2.12. The molecular weight excluding hydrogens is 216 g/mol. The first kappa shape index (κ1) is 12.9. The standard InChI is InChI=1S/C9H20N2O3S/c1-8(12)7-10-9-3-5-11(6-4-9)15(2,13)14/h8-10,12H,3-7H2,1-2H3. The number of aliphatic hydroxyl groups excluding tert-OH is 1. The molecular formula is C9H20N2O3S. The lowest BCUT2D eigenvalue weighted by Crippen LogP contribution is -2.45. The maximum absolute atomic E-state index is 11.2. The summed E-state index contributed by atoms with van der Waals surface area (Å²) in [7, 11) is -3.02. The van der Waals surface area contributed by atoms with Gasteiger partial charge in [0, 0.05) is 25.7 Å². The summed E-state index contributed by atoms with van der Waals surface area (Å²) in [5.41, 5.74) is 0. The van der Waals surface area contributed by atoms with Crippen LogP contribution >= 0.6 is 0 Å². The summed E-state index contributed by atoms with van der Waals surface area (Å²) in [5, 5.41) is 12.3. The molecule has 0 spiro atoms. The van der Waals surface area contributed by atoms with Crippen molar-refractivity contribution in [2.75, 3.05) is 25.9 Å². The van der Waals surface area contributed by atoms with Gasteiger partial charge in [0.2, 0.25) is 10.0 Å². The van der Waals surface area contributed by atoms with E-state index in [1.807, 2.05) is 0 Å². The summed E-state index contributed by atoms with van der Waals surface area (Å²) < 4.78 is 24.0. The molecule has 2 N–H and O–H groups in total. The summed E-state index contributed by atoms with van der Waals surface area (Å²) in [6.45, 7) is 3.47. The van der Waals surface area contributed by atoms with Crippen LogP contribution in [0.5, 0.6) is 0 Å². The first-order chi connectivity index (χ1) is 6.89. The van der Waals surface area contributed by atoms with E-state index < -0.39 is 10.0 Å². The van der Waals surface area contributed by atoms with Gasteiger partial charge in [0.25, 0.3) is 0 Å². The molecule has 1 unspecified atom stereocenters. The average Bonchev–Trinajstić information content (AvgIpc) is 2.14. The molecule has 0 aromatic carbocycles. The topological polar surface area (TPSA) is 69.6 Å². The predicted octanol–water partition coefficient (Wildman–Crippen LogP) is -0.619. The third-order valence-electron chi connectivity index (χ3n) is 2.62. The van der Waals surface area contributed by atoms with Crippen molar-refractivity contribution in [1.29, 1.82) is 0 Å². The summed E-state index contributed by atoms with van der Waals surface area (Å²) in [4.78, 5) is 0. The van der Waals surface area contributed by atoms with Crippen molar-refractivity contribution in [2.24, 2.45) is 0 Å². The van der Waals surface area contributed by atoms with E-state index in [0.29, 0.717) is 25.7 Å². The molecule has 5 nitrogen and oxygen atoms in total. The van der Waals surface area contributed by atoms with E-state index in [1.165, 1.54) is 10.6 Å². The number of nitrogens with zero attached hydrogens (tertiary/aromatic N) is 1. The summed E-state index contributed by atoms with van der Waals surface area (Å²) in [6, 6.07) is 0.331. The highest BCUT2D eigenvalue weighted by Gasteiger charge is 2.24. The lowest BCUT2D eigenvalue weighted by molar-refractivity contribution is 0.177. The first-order valence-corrected chi connectivity index (χ1v) is 7.11. The fraction of sp³-hybridized carbons (Fsp3) is 1.00. The van der Waals surface area contributed by atoms with Crippen LogP contribution in [0.2, 0.25) is 0 Å². The zero-order valence-electron chi connectivity index (χ0n) is 9.31. The first-order valence-electron chi connectivity index (χ1n) is 5.26. The van der Waals surface area contributed by atoms with Crippen LogP contribution in [-0.4, -0.2) is 55.9 Å². The Morgan fingerprint density at radius 1 is 1.47 bits per heavy atom. The Morgan fingerprint density at radius 3 is 2.40 bits per heavy atom. The van der Waals surface area contributed by atoms with Crippen LogP contribution in [0.4, 0.5) is 0 Å². The van der Waals surface area contributed by atoms with E-state index in [9.17, 15) is 8.42 Å². The number of rotatable bonds is 4. The van der Waals surface area contributed by atoms with Gasteiger partial charge in [-0.25, -0.2) is 12.7 Å². The van der Waals surface area contributed by atoms with Gasteiger partial charge in [-0.1, -0.05) is 0 Å². The molecule has 1 atom stereocenters. The number of sulfonamides is 1. The van der Waals surface area contributed by atoms with Crippen molar-refractivity contribution in [3.63, 3.8) is 0 Å². The van der Waals surface area contributed by atoms with Gasteiger partial charge >= 0.3 is 0 Å². The van der Waals surface area contributed by atoms with Crippen LogP contribution in [-0.2, 0) is 10.0 Å². The molecule has 1 rings (SSSR count). The van der Waals surface area contributed by atoms with Crippen LogP contribution in [0.25, 0.3) is 0 Å². The van der Waals surface area contributed by atoms with Crippen LogP contribution in [0.15, 0.2) is 0 Å². The van der Waals surface area contributed by atoms with E-state index >= 15 is 0 Å². The summed E-state index contributed by atoms with van der Waals surface area (Å²) in [5.74, 6) is 0. The smallest absolute Gasteiger partial charge is 0.211 e. The van der Waals surface area contributed by atoms with Crippen LogP contribution < -0.4 is 5.32 Å². The molecule has 0 saturated carbocycles. The van der Waals surface area contributed by atoms with E-state index in [-0.39, 0.29) is 6.10 Å². The minimum Gasteiger partial charge on any atom is -0.392 e. The van der Waals surface area contributed by atoms with Gasteiger partial charge in [0.1, 0.15) is 0 Å². The molecule has 0 aromatic rings. The quantitative estimate of drug-likeness (QED) is 0.682. The molecule has 1 fully saturated rings. The van der Waals surface area contributed by atoms with Gasteiger partial charge in [0.05, 0.1) is 12.4 Å². The molecule has 0 radical (unpaired) electrons. The zero-order chi connectivity index (χ0) is 11.5. The molecule has 1 saturated heterocycles. The molecule has 90 valence electrons. The van der Waals surface area contributed by atoms with Crippen molar-refractivity contribution in [2.45, 2.75) is 31.9 Å². The fourth-order valence-electron chi connectivity index (χ4n) is 1.73. The van der Waals surface area contributed by atoms with Crippen molar-refractivity contribution in [3.05, 3.63) is 0 Å². The van der Waals surface area contributed by atoms with Gasteiger partial charge in [-0.2, -0.15) is 0 Å². The summed E-state index contributed by atoms with van der Waals surface area (Å²) >= 11 is 0. The van der Waals surface area contributed by atoms with E-state index in [2.05, 4.69) is 5.32 Å². The van der Waals surface area contributed by atoms with Gasteiger partial charge in [-0.3, -0.25) is 0 Å². The van der Waals surface area contributed by atoms with Gasteiger partial charge in [0.15, 0.2) is 0 Å². The minimum atomic E-state index is -3.02. The van der Waals surface area contributed by atoms with E-state index in [0.717, 1.165) is 12.8 Å². The van der Waals surface area contributed by atoms with Crippen LogP contribution in [0, 0.1) is 0 Å². The van der Waals surface area contributed by atoms with Crippen molar-refractivity contribution in [1.82, 2.24) is 9.62 Å². The maximum atomic E-state index is 11.2. The molecule has 0 amide bonds. The second-order valence-corrected chi connectivity index (χ2v) is 6.18. The molecule has 0 bridgehead atoms. The highest BCUT2D eigenvalue weighted by atomic mass is 32.2. The molecule has 6 heteroatoms. The third-order valence-corrected chi connectivity index (χ3v) is 3.93. The molecule has 0 aliphatic carbocycles.